The number of thioether (sulfide) groups is 1. The standard InChI is InChI=1S/C23H25Cl2N3O2S/c24-17-6-7-18(19(25)14-17)22(30)28-12-9-23(10-13-28)27-20(15-31-23)21(29)26-11-8-16-4-2-1-3-5-16/h1-7,14,20,27H,8-13,15H2,(H,26,29). The van der Waals surface area contributed by atoms with Crippen molar-refractivity contribution in [3.05, 3.63) is 69.7 Å². The Labute approximate surface area is 196 Å². The first-order valence-electron chi connectivity index (χ1n) is 10.4. The first-order valence-corrected chi connectivity index (χ1v) is 12.2. The predicted octanol–water partition coefficient (Wildman–Crippen LogP) is 3.99. The number of rotatable bonds is 5. The van der Waals surface area contributed by atoms with Crippen molar-refractivity contribution in [2.75, 3.05) is 25.4 Å². The fourth-order valence-electron chi connectivity index (χ4n) is 4.08. The van der Waals surface area contributed by atoms with Gasteiger partial charge in [0.15, 0.2) is 0 Å². The molecule has 4 rings (SSSR count). The zero-order valence-electron chi connectivity index (χ0n) is 17.1. The van der Waals surface area contributed by atoms with Gasteiger partial charge in [-0.2, -0.15) is 0 Å². The molecule has 0 saturated carbocycles. The van der Waals surface area contributed by atoms with Crippen molar-refractivity contribution in [1.29, 1.82) is 0 Å². The Kier molecular flexibility index (Phi) is 7.12. The van der Waals surface area contributed by atoms with E-state index in [1.165, 1.54) is 5.56 Å². The van der Waals surface area contributed by atoms with Gasteiger partial charge < -0.3 is 10.2 Å². The van der Waals surface area contributed by atoms with Crippen LogP contribution in [0.25, 0.3) is 0 Å². The highest BCUT2D eigenvalue weighted by atomic mass is 35.5. The van der Waals surface area contributed by atoms with Gasteiger partial charge in [0.1, 0.15) is 0 Å². The van der Waals surface area contributed by atoms with E-state index in [2.05, 4.69) is 22.8 Å². The highest BCUT2D eigenvalue weighted by Crippen LogP contribution is 2.39. The van der Waals surface area contributed by atoms with Gasteiger partial charge in [-0.15, -0.1) is 11.8 Å². The zero-order valence-corrected chi connectivity index (χ0v) is 19.4. The van der Waals surface area contributed by atoms with E-state index in [1.54, 1.807) is 30.0 Å². The number of carbonyl (C=O) groups is 2. The second kappa shape index (κ2) is 9.82. The summed E-state index contributed by atoms with van der Waals surface area (Å²) in [5.74, 6) is 0.718. The lowest BCUT2D eigenvalue weighted by atomic mass is 10.0. The minimum absolute atomic E-state index is 0.0479. The minimum atomic E-state index is -0.200. The summed E-state index contributed by atoms with van der Waals surface area (Å²) in [5.41, 5.74) is 1.69. The van der Waals surface area contributed by atoms with Gasteiger partial charge in [-0.05, 0) is 43.0 Å². The molecule has 2 aliphatic heterocycles. The van der Waals surface area contributed by atoms with Crippen molar-refractivity contribution < 1.29 is 9.59 Å². The van der Waals surface area contributed by atoms with Crippen LogP contribution in [0.2, 0.25) is 10.0 Å². The van der Waals surface area contributed by atoms with E-state index in [4.69, 9.17) is 23.2 Å². The van der Waals surface area contributed by atoms with Gasteiger partial charge in [0.25, 0.3) is 5.91 Å². The summed E-state index contributed by atoms with van der Waals surface area (Å²) in [6, 6.07) is 14.9. The Morgan fingerprint density at radius 3 is 2.58 bits per heavy atom. The van der Waals surface area contributed by atoms with Gasteiger partial charge >= 0.3 is 0 Å². The van der Waals surface area contributed by atoms with Gasteiger partial charge in [-0.1, -0.05) is 53.5 Å². The predicted molar refractivity (Wildman–Crippen MR) is 127 cm³/mol. The molecule has 0 bridgehead atoms. The maximum absolute atomic E-state index is 12.9. The van der Waals surface area contributed by atoms with Crippen molar-refractivity contribution in [1.82, 2.24) is 15.5 Å². The van der Waals surface area contributed by atoms with E-state index in [9.17, 15) is 9.59 Å². The summed E-state index contributed by atoms with van der Waals surface area (Å²) in [7, 11) is 0. The summed E-state index contributed by atoms with van der Waals surface area (Å²) in [6.07, 6.45) is 2.41. The van der Waals surface area contributed by atoms with Crippen LogP contribution in [0.4, 0.5) is 0 Å². The highest BCUT2D eigenvalue weighted by molar-refractivity contribution is 8.01. The van der Waals surface area contributed by atoms with Crippen LogP contribution in [-0.4, -0.2) is 53.0 Å². The molecule has 1 atom stereocenters. The number of nitrogens with one attached hydrogen (secondary N) is 2. The number of likely N-dealkylation sites (tertiary alicyclic amines) is 1. The molecule has 1 unspecified atom stereocenters. The van der Waals surface area contributed by atoms with E-state index < -0.39 is 0 Å². The fraction of sp³-hybridized carbons (Fsp3) is 0.391. The molecule has 0 aromatic heterocycles. The summed E-state index contributed by atoms with van der Waals surface area (Å²) >= 11 is 13.9. The van der Waals surface area contributed by atoms with Crippen molar-refractivity contribution in [2.24, 2.45) is 0 Å². The molecule has 5 nitrogen and oxygen atoms in total. The third kappa shape index (κ3) is 5.37. The first kappa shape index (κ1) is 22.5. The quantitative estimate of drug-likeness (QED) is 0.683. The van der Waals surface area contributed by atoms with Crippen LogP contribution in [0, 0.1) is 0 Å². The molecule has 164 valence electrons. The topological polar surface area (TPSA) is 61.4 Å². The smallest absolute Gasteiger partial charge is 0.255 e. The second-order valence-electron chi connectivity index (χ2n) is 7.95. The number of hydrogen-bond acceptors (Lipinski definition) is 4. The summed E-state index contributed by atoms with van der Waals surface area (Å²) in [6.45, 7) is 1.88. The first-order chi connectivity index (χ1) is 15.0. The molecule has 2 N–H and O–H groups in total. The fourth-order valence-corrected chi connectivity index (χ4v) is 5.98. The van der Waals surface area contributed by atoms with Gasteiger partial charge in [0, 0.05) is 30.4 Å². The molecule has 0 aliphatic carbocycles. The Morgan fingerprint density at radius 1 is 1.13 bits per heavy atom. The van der Waals surface area contributed by atoms with Crippen molar-refractivity contribution in [2.45, 2.75) is 30.2 Å². The third-order valence-electron chi connectivity index (χ3n) is 5.86. The van der Waals surface area contributed by atoms with Crippen LogP contribution < -0.4 is 10.6 Å². The molecule has 31 heavy (non-hydrogen) atoms. The number of piperidine rings is 1. The average molecular weight is 478 g/mol. The van der Waals surface area contributed by atoms with Crippen LogP contribution in [-0.2, 0) is 11.2 Å². The van der Waals surface area contributed by atoms with Crippen LogP contribution in [0.5, 0.6) is 0 Å². The monoisotopic (exact) mass is 477 g/mol. The number of hydrogen-bond donors (Lipinski definition) is 2. The molecule has 8 heteroatoms. The Morgan fingerprint density at radius 2 is 1.87 bits per heavy atom. The normalized spacial score (nSPS) is 20.1. The summed E-state index contributed by atoms with van der Waals surface area (Å²) in [4.78, 5) is 27.1. The molecule has 2 aliphatic rings. The van der Waals surface area contributed by atoms with Gasteiger partial charge in [0.05, 0.1) is 21.5 Å². The number of carbonyl (C=O) groups excluding carboxylic acids is 2. The number of halogens is 2. The van der Waals surface area contributed by atoms with Crippen LogP contribution in [0.1, 0.15) is 28.8 Å². The van der Waals surface area contributed by atoms with Crippen molar-refractivity contribution >= 4 is 46.8 Å². The molecule has 2 fully saturated rings. The van der Waals surface area contributed by atoms with Crippen molar-refractivity contribution in [3.8, 4) is 0 Å². The number of nitrogens with zero attached hydrogens (tertiary/aromatic N) is 1. The van der Waals surface area contributed by atoms with Gasteiger partial charge in [-0.3, -0.25) is 14.9 Å². The molecule has 2 aromatic carbocycles. The molecule has 1 spiro atoms. The van der Waals surface area contributed by atoms with E-state index in [1.807, 2.05) is 23.1 Å². The largest absolute Gasteiger partial charge is 0.354 e. The SMILES string of the molecule is O=C(NCCc1ccccc1)C1CSC2(CCN(C(=O)c3ccc(Cl)cc3Cl)CC2)N1. The Hall–Kier alpha value is -1.73. The lowest BCUT2D eigenvalue weighted by Crippen LogP contribution is -2.54. The number of amides is 2. The summed E-state index contributed by atoms with van der Waals surface area (Å²) in [5, 5.41) is 7.48. The molecule has 0 radical (unpaired) electrons. The summed E-state index contributed by atoms with van der Waals surface area (Å²) < 4.78 is 0. The lowest BCUT2D eigenvalue weighted by molar-refractivity contribution is -0.122. The van der Waals surface area contributed by atoms with E-state index in [0.29, 0.717) is 35.2 Å². The van der Waals surface area contributed by atoms with Gasteiger partial charge in [0.2, 0.25) is 5.91 Å². The van der Waals surface area contributed by atoms with Gasteiger partial charge in [-0.25, -0.2) is 0 Å². The second-order valence-corrected chi connectivity index (χ2v) is 10.2. The minimum Gasteiger partial charge on any atom is -0.354 e. The van der Waals surface area contributed by atoms with Crippen LogP contribution in [0.3, 0.4) is 0 Å². The average Bonchev–Trinajstić information content (AvgIpc) is 3.18. The maximum atomic E-state index is 12.9. The van der Waals surface area contributed by atoms with E-state index in [-0.39, 0.29) is 22.7 Å². The van der Waals surface area contributed by atoms with Crippen LogP contribution in [0.15, 0.2) is 48.5 Å². The molecule has 2 saturated heterocycles. The highest BCUT2D eigenvalue weighted by Gasteiger charge is 2.44. The molecule has 2 aromatic rings. The molecule has 2 amide bonds. The zero-order chi connectivity index (χ0) is 21.8. The maximum Gasteiger partial charge on any atom is 0.255 e. The number of benzene rings is 2. The Balaban J connectivity index is 1.26. The van der Waals surface area contributed by atoms with Crippen LogP contribution >= 0.6 is 35.0 Å². The van der Waals surface area contributed by atoms with Crippen molar-refractivity contribution in [3.63, 3.8) is 0 Å². The molecular formula is C23H25Cl2N3O2S. The molecular weight excluding hydrogens is 453 g/mol. The van der Waals surface area contributed by atoms with E-state index >= 15 is 0 Å². The Bertz CT molecular complexity index is 949. The lowest BCUT2D eigenvalue weighted by Gasteiger charge is -2.39. The third-order valence-corrected chi connectivity index (χ3v) is 7.98. The van der Waals surface area contributed by atoms with E-state index in [0.717, 1.165) is 25.0 Å². The molecule has 2 heterocycles.